The molecule has 1 saturated heterocycles. The van der Waals surface area contributed by atoms with Crippen molar-refractivity contribution >= 4 is 21.7 Å². The molecule has 0 unspecified atom stereocenters. The first-order valence-corrected chi connectivity index (χ1v) is 4.97. The van der Waals surface area contributed by atoms with Gasteiger partial charge in [-0.25, -0.2) is 9.97 Å². The first-order valence-electron chi connectivity index (χ1n) is 4.17. The van der Waals surface area contributed by atoms with Crippen LogP contribution in [0.3, 0.4) is 0 Å². The molecule has 1 aromatic rings. The Morgan fingerprint density at radius 3 is 2.85 bits per heavy atom. The fourth-order valence-electron chi connectivity index (χ4n) is 1.29. The Labute approximate surface area is 85.1 Å². The molecule has 0 aliphatic carbocycles. The molecule has 1 fully saturated rings. The monoisotopic (exact) mass is 243 g/mol. The lowest BCUT2D eigenvalue weighted by atomic mass is 10.4. The van der Waals surface area contributed by atoms with Crippen LogP contribution in [-0.2, 0) is 4.74 Å². The van der Waals surface area contributed by atoms with Gasteiger partial charge < -0.3 is 9.64 Å². The Bertz CT molecular complexity index is 288. The smallest absolute Gasteiger partial charge is 0.198 e. The second kappa shape index (κ2) is 4.02. The number of morpholine rings is 1. The summed E-state index contributed by atoms with van der Waals surface area (Å²) in [6.45, 7) is 3.37. The van der Waals surface area contributed by atoms with Gasteiger partial charge in [-0.15, -0.1) is 0 Å². The highest BCUT2D eigenvalue weighted by Crippen LogP contribution is 2.13. The second-order valence-electron chi connectivity index (χ2n) is 2.78. The fraction of sp³-hybridized carbons (Fsp3) is 0.500. The van der Waals surface area contributed by atoms with E-state index >= 15 is 0 Å². The topological polar surface area (TPSA) is 38.2 Å². The Balaban J connectivity index is 2.14. The standard InChI is InChI=1S/C8H10BrN3O/c9-8-10-2-1-7(11-8)12-3-5-13-6-4-12/h1-2H,3-6H2. The average Bonchev–Trinajstić information content (AvgIpc) is 2.19. The number of rotatable bonds is 1. The van der Waals surface area contributed by atoms with E-state index < -0.39 is 0 Å². The molecule has 0 atom stereocenters. The van der Waals surface area contributed by atoms with Crippen molar-refractivity contribution in [3.8, 4) is 0 Å². The molecule has 0 aromatic carbocycles. The van der Waals surface area contributed by atoms with Gasteiger partial charge in [0.1, 0.15) is 5.82 Å². The third kappa shape index (κ3) is 2.16. The SMILES string of the molecule is Brc1nccc(N2CCOCC2)n1. The summed E-state index contributed by atoms with van der Waals surface area (Å²) in [6.07, 6.45) is 1.75. The minimum absolute atomic E-state index is 0.636. The average molecular weight is 244 g/mol. The van der Waals surface area contributed by atoms with Crippen LogP contribution in [0.15, 0.2) is 17.0 Å². The van der Waals surface area contributed by atoms with Crippen molar-refractivity contribution < 1.29 is 4.74 Å². The number of ether oxygens (including phenoxy) is 1. The van der Waals surface area contributed by atoms with Crippen LogP contribution in [0.4, 0.5) is 5.82 Å². The second-order valence-corrected chi connectivity index (χ2v) is 3.49. The van der Waals surface area contributed by atoms with Crippen molar-refractivity contribution in [1.29, 1.82) is 0 Å². The number of halogens is 1. The molecule has 1 aromatic heterocycles. The van der Waals surface area contributed by atoms with Gasteiger partial charge in [-0.05, 0) is 22.0 Å². The van der Waals surface area contributed by atoms with E-state index in [0.29, 0.717) is 4.73 Å². The normalized spacial score (nSPS) is 17.5. The maximum Gasteiger partial charge on any atom is 0.198 e. The highest BCUT2D eigenvalue weighted by molar-refractivity contribution is 9.10. The third-order valence-corrected chi connectivity index (χ3v) is 2.33. The molecule has 0 amide bonds. The highest BCUT2D eigenvalue weighted by Gasteiger charge is 2.12. The van der Waals surface area contributed by atoms with Crippen LogP contribution >= 0.6 is 15.9 Å². The first-order chi connectivity index (χ1) is 6.36. The van der Waals surface area contributed by atoms with Crippen LogP contribution in [0.1, 0.15) is 0 Å². The Morgan fingerprint density at radius 2 is 2.15 bits per heavy atom. The van der Waals surface area contributed by atoms with Crippen molar-refractivity contribution in [2.24, 2.45) is 0 Å². The zero-order valence-electron chi connectivity index (χ0n) is 7.11. The van der Waals surface area contributed by atoms with E-state index in [1.165, 1.54) is 0 Å². The van der Waals surface area contributed by atoms with Crippen molar-refractivity contribution in [3.05, 3.63) is 17.0 Å². The summed E-state index contributed by atoms with van der Waals surface area (Å²) >= 11 is 3.25. The van der Waals surface area contributed by atoms with Gasteiger partial charge in [-0.2, -0.15) is 0 Å². The van der Waals surface area contributed by atoms with Gasteiger partial charge in [-0.1, -0.05) is 0 Å². The molecular formula is C8H10BrN3O. The van der Waals surface area contributed by atoms with E-state index in [-0.39, 0.29) is 0 Å². The molecule has 0 bridgehead atoms. The summed E-state index contributed by atoms with van der Waals surface area (Å²) in [5.41, 5.74) is 0. The Kier molecular flexibility index (Phi) is 2.75. The summed E-state index contributed by atoms with van der Waals surface area (Å²) in [6, 6.07) is 1.91. The van der Waals surface area contributed by atoms with Gasteiger partial charge in [-0.3, -0.25) is 0 Å². The molecule has 1 aliphatic heterocycles. The van der Waals surface area contributed by atoms with Gasteiger partial charge >= 0.3 is 0 Å². The predicted molar refractivity (Wildman–Crippen MR) is 52.8 cm³/mol. The minimum Gasteiger partial charge on any atom is -0.378 e. The summed E-state index contributed by atoms with van der Waals surface area (Å²) < 4.78 is 5.89. The van der Waals surface area contributed by atoms with Crippen molar-refractivity contribution in [2.45, 2.75) is 0 Å². The molecule has 0 spiro atoms. The summed E-state index contributed by atoms with van der Waals surface area (Å²) in [7, 11) is 0. The molecule has 2 rings (SSSR count). The molecule has 1 aliphatic rings. The van der Waals surface area contributed by atoms with E-state index in [1.807, 2.05) is 6.07 Å². The predicted octanol–water partition coefficient (Wildman–Crippen LogP) is 1.08. The van der Waals surface area contributed by atoms with Crippen LogP contribution in [0.2, 0.25) is 0 Å². The molecule has 5 heteroatoms. The number of aromatic nitrogens is 2. The number of nitrogens with zero attached hydrogens (tertiary/aromatic N) is 3. The zero-order chi connectivity index (χ0) is 9.10. The third-order valence-electron chi connectivity index (χ3n) is 1.95. The molecule has 70 valence electrons. The number of hydrogen-bond donors (Lipinski definition) is 0. The van der Waals surface area contributed by atoms with Crippen LogP contribution in [0, 0.1) is 0 Å². The number of anilines is 1. The van der Waals surface area contributed by atoms with Crippen LogP contribution < -0.4 is 4.90 Å². The lowest BCUT2D eigenvalue weighted by molar-refractivity contribution is 0.122. The van der Waals surface area contributed by atoms with Crippen molar-refractivity contribution in [3.63, 3.8) is 0 Å². The maximum atomic E-state index is 5.25. The van der Waals surface area contributed by atoms with Crippen LogP contribution in [0.5, 0.6) is 0 Å². The van der Waals surface area contributed by atoms with Gasteiger partial charge in [0.25, 0.3) is 0 Å². The van der Waals surface area contributed by atoms with E-state index in [1.54, 1.807) is 6.20 Å². The van der Waals surface area contributed by atoms with Gasteiger partial charge in [0.15, 0.2) is 4.73 Å². The van der Waals surface area contributed by atoms with E-state index in [4.69, 9.17) is 4.74 Å². The van der Waals surface area contributed by atoms with Gasteiger partial charge in [0.05, 0.1) is 13.2 Å². The van der Waals surface area contributed by atoms with Crippen molar-refractivity contribution in [2.75, 3.05) is 31.2 Å². The van der Waals surface area contributed by atoms with E-state index in [9.17, 15) is 0 Å². The number of hydrogen-bond acceptors (Lipinski definition) is 4. The molecular weight excluding hydrogens is 234 g/mol. The lowest BCUT2D eigenvalue weighted by Crippen LogP contribution is -2.36. The molecule has 13 heavy (non-hydrogen) atoms. The minimum atomic E-state index is 0.636. The van der Waals surface area contributed by atoms with Gasteiger partial charge in [0, 0.05) is 19.3 Å². The highest BCUT2D eigenvalue weighted by atomic mass is 79.9. The first kappa shape index (κ1) is 8.90. The van der Waals surface area contributed by atoms with Crippen LogP contribution in [-0.4, -0.2) is 36.3 Å². The fourth-order valence-corrected chi connectivity index (χ4v) is 1.59. The summed E-state index contributed by atoms with van der Waals surface area (Å²) in [4.78, 5) is 10.4. The Hall–Kier alpha value is -0.680. The summed E-state index contributed by atoms with van der Waals surface area (Å²) in [5.74, 6) is 0.963. The van der Waals surface area contributed by atoms with E-state index in [2.05, 4.69) is 30.8 Å². The molecule has 0 N–H and O–H groups in total. The Morgan fingerprint density at radius 1 is 1.38 bits per heavy atom. The van der Waals surface area contributed by atoms with E-state index in [0.717, 1.165) is 32.1 Å². The maximum absolute atomic E-state index is 5.25. The summed E-state index contributed by atoms with van der Waals surface area (Å²) in [5, 5.41) is 0. The van der Waals surface area contributed by atoms with Crippen molar-refractivity contribution in [1.82, 2.24) is 9.97 Å². The largest absolute Gasteiger partial charge is 0.378 e. The quantitative estimate of drug-likeness (QED) is 0.693. The van der Waals surface area contributed by atoms with Gasteiger partial charge in [0.2, 0.25) is 0 Å². The zero-order valence-corrected chi connectivity index (χ0v) is 8.70. The molecule has 2 heterocycles. The van der Waals surface area contributed by atoms with Crippen LogP contribution in [0.25, 0.3) is 0 Å². The molecule has 0 saturated carbocycles. The lowest BCUT2D eigenvalue weighted by Gasteiger charge is -2.27. The molecule has 0 radical (unpaired) electrons. The molecule has 4 nitrogen and oxygen atoms in total.